The van der Waals surface area contributed by atoms with E-state index < -0.39 is 18.4 Å². The SMILES string of the molecule is COc1cc2c(cc1O[Si](C(C)C)(C(C)C)C(C)C)CC[C@@H]1[C@@H]2CC[C@]2(C)C([C@H](C)CCCOS(=O)(=O)c3ccc(C)cc3)=CC[C@@H]12. The Kier molecular flexibility index (Phi) is 10.8. The molecule has 3 aliphatic rings. The third kappa shape index (κ3) is 6.75. The van der Waals surface area contributed by atoms with Crippen LogP contribution in [0.1, 0.15) is 117 Å². The number of allylic oxidation sites excluding steroid dienone is 2. The number of rotatable bonds is 13. The lowest BCUT2D eigenvalue weighted by Crippen LogP contribution is -2.50. The minimum Gasteiger partial charge on any atom is -0.540 e. The average Bonchev–Trinajstić information content (AvgIpc) is 3.38. The molecule has 0 heterocycles. The molecule has 7 heteroatoms. The van der Waals surface area contributed by atoms with Crippen LogP contribution in [0.5, 0.6) is 11.5 Å². The van der Waals surface area contributed by atoms with Crippen molar-refractivity contribution in [3.63, 3.8) is 0 Å². The molecule has 0 aromatic heterocycles. The second-order valence-electron chi connectivity index (χ2n) is 16.0. The van der Waals surface area contributed by atoms with Gasteiger partial charge in [0.05, 0.1) is 18.6 Å². The van der Waals surface area contributed by atoms with Crippen LogP contribution < -0.4 is 9.16 Å². The molecule has 1 fully saturated rings. The van der Waals surface area contributed by atoms with E-state index in [2.05, 4.69) is 73.6 Å². The van der Waals surface area contributed by atoms with Gasteiger partial charge < -0.3 is 9.16 Å². The maximum atomic E-state index is 12.7. The lowest BCUT2D eigenvalue weighted by Gasteiger charge is -2.51. The summed E-state index contributed by atoms with van der Waals surface area (Å²) in [5, 5.41) is 0. The van der Waals surface area contributed by atoms with Crippen molar-refractivity contribution < 1.29 is 21.8 Å². The van der Waals surface area contributed by atoms with Crippen LogP contribution in [0.25, 0.3) is 0 Å². The molecular weight excluding hydrogens is 621 g/mol. The molecule has 1 saturated carbocycles. The topological polar surface area (TPSA) is 61.8 Å². The average molecular weight is 681 g/mol. The molecule has 5 atom stereocenters. The van der Waals surface area contributed by atoms with Crippen molar-refractivity contribution in [1.82, 2.24) is 0 Å². The Morgan fingerprint density at radius 3 is 2.21 bits per heavy atom. The maximum absolute atomic E-state index is 12.7. The van der Waals surface area contributed by atoms with Crippen molar-refractivity contribution in [2.24, 2.45) is 23.2 Å². The molecule has 3 aliphatic carbocycles. The van der Waals surface area contributed by atoms with E-state index in [0.29, 0.717) is 40.3 Å². The number of hydrogen-bond donors (Lipinski definition) is 0. The van der Waals surface area contributed by atoms with Gasteiger partial charge in [0.25, 0.3) is 18.4 Å². The molecule has 2 aromatic carbocycles. The van der Waals surface area contributed by atoms with Gasteiger partial charge in [0.15, 0.2) is 5.75 Å². The second-order valence-corrected chi connectivity index (χ2v) is 23.0. The zero-order chi connectivity index (χ0) is 34.3. The van der Waals surface area contributed by atoms with E-state index in [0.717, 1.165) is 42.7 Å². The van der Waals surface area contributed by atoms with Gasteiger partial charge in [0, 0.05) is 0 Å². The number of benzene rings is 2. The normalized spacial score (nSPS) is 25.0. The highest BCUT2D eigenvalue weighted by Crippen LogP contribution is 2.63. The lowest BCUT2D eigenvalue weighted by atomic mass is 9.53. The fourth-order valence-corrected chi connectivity index (χ4v) is 16.4. The Labute approximate surface area is 287 Å². The van der Waals surface area contributed by atoms with Crippen molar-refractivity contribution in [3.05, 3.63) is 64.7 Å². The molecule has 260 valence electrons. The van der Waals surface area contributed by atoms with Crippen LogP contribution in [-0.2, 0) is 20.7 Å². The molecule has 0 bridgehead atoms. The molecule has 0 saturated heterocycles. The smallest absolute Gasteiger partial charge is 0.296 e. The summed E-state index contributed by atoms with van der Waals surface area (Å²) in [6.07, 6.45) is 10.1. The molecule has 0 spiro atoms. The summed E-state index contributed by atoms with van der Waals surface area (Å²) >= 11 is 0. The van der Waals surface area contributed by atoms with Gasteiger partial charge in [-0.3, -0.25) is 4.18 Å². The maximum Gasteiger partial charge on any atom is 0.296 e. The number of methoxy groups -OCH3 is 1. The summed E-state index contributed by atoms with van der Waals surface area (Å²) in [5.41, 5.74) is 7.31. The fraction of sp³-hybridized carbons (Fsp3) is 0.650. The van der Waals surface area contributed by atoms with Crippen LogP contribution in [-0.4, -0.2) is 30.5 Å². The predicted molar refractivity (Wildman–Crippen MR) is 195 cm³/mol. The Morgan fingerprint density at radius 2 is 1.60 bits per heavy atom. The first kappa shape index (κ1) is 36.2. The largest absolute Gasteiger partial charge is 0.540 e. The van der Waals surface area contributed by atoms with Gasteiger partial charge in [0.2, 0.25) is 0 Å². The second kappa shape index (κ2) is 14.0. The van der Waals surface area contributed by atoms with Gasteiger partial charge in [0.1, 0.15) is 5.75 Å². The van der Waals surface area contributed by atoms with Gasteiger partial charge in [-0.25, -0.2) is 0 Å². The summed E-state index contributed by atoms with van der Waals surface area (Å²) in [7, 11) is -4.03. The monoisotopic (exact) mass is 680 g/mol. The first-order valence-electron chi connectivity index (χ1n) is 18.2. The van der Waals surface area contributed by atoms with E-state index in [1.165, 1.54) is 30.4 Å². The predicted octanol–water partition coefficient (Wildman–Crippen LogP) is 10.8. The number of ether oxygens (including phenoxy) is 1. The van der Waals surface area contributed by atoms with Crippen LogP contribution in [0.15, 0.2) is 52.9 Å². The third-order valence-corrected chi connectivity index (χ3v) is 19.8. The van der Waals surface area contributed by atoms with E-state index in [-0.39, 0.29) is 16.9 Å². The Balaban J connectivity index is 1.26. The van der Waals surface area contributed by atoms with E-state index >= 15 is 0 Å². The molecule has 0 N–H and O–H groups in total. The van der Waals surface area contributed by atoms with Crippen LogP contribution >= 0.6 is 0 Å². The molecule has 0 amide bonds. The standard InChI is InChI=1S/C40H60O5SSi/c1-26(2)47(27(3)4,28(5)6)45-39-24-31-15-18-34-33(35(31)25-38(39)43-10)21-22-40(9)36(19-20-37(34)40)30(8)12-11-23-44-46(41,42)32-16-13-29(7)14-17-32/h13-14,16-17,19,24-28,30,33-34,37H,11-12,15,18,20-23H2,1-10H3/t30-,33+,34-,37+,40-/m1/s1. The van der Waals surface area contributed by atoms with Gasteiger partial charge >= 0.3 is 0 Å². The summed E-state index contributed by atoms with van der Waals surface area (Å²) < 4.78 is 44.0. The number of fused-ring (bicyclic) bond motifs is 5. The van der Waals surface area contributed by atoms with E-state index in [4.69, 9.17) is 13.3 Å². The Bertz CT molecular complexity index is 1520. The summed E-state index contributed by atoms with van der Waals surface area (Å²) in [5.74, 6) is 4.15. The zero-order valence-electron chi connectivity index (χ0n) is 30.7. The molecule has 5 nitrogen and oxygen atoms in total. The zero-order valence-corrected chi connectivity index (χ0v) is 32.5. The molecule has 5 rings (SSSR count). The Morgan fingerprint density at radius 1 is 0.936 bits per heavy atom. The van der Waals surface area contributed by atoms with Crippen molar-refractivity contribution >= 4 is 18.4 Å². The molecule has 0 aliphatic heterocycles. The fourth-order valence-electron chi connectivity index (χ4n) is 10.2. The minimum absolute atomic E-state index is 0.205. The van der Waals surface area contributed by atoms with Crippen molar-refractivity contribution in [2.45, 2.75) is 135 Å². The van der Waals surface area contributed by atoms with Crippen LogP contribution in [0, 0.1) is 30.1 Å². The number of hydrogen-bond acceptors (Lipinski definition) is 5. The van der Waals surface area contributed by atoms with Crippen LogP contribution in [0.3, 0.4) is 0 Å². The molecule has 0 radical (unpaired) electrons. The third-order valence-electron chi connectivity index (χ3n) is 12.5. The van der Waals surface area contributed by atoms with Gasteiger partial charge in [-0.05, 0) is 133 Å². The van der Waals surface area contributed by atoms with Gasteiger partial charge in [-0.15, -0.1) is 0 Å². The van der Waals surface area contributed by atoms with Crippen molar-refractivity contribution in [1.29, 1.82) is 0 Å². The quantitative estimate of drug-likeness (QED) is 0.0912. The molecule has 47 heavy (non-hydrogen) atoms. The highest BCUT2D eigenvalue weighted by molar-refractivity contribution is 7.86. The first-order chi connectivity index (χ1) is 22.2. The summed E-state index contributed by atoms with van der Waals surface area (Å²) in [6.45, 7) is 21.1. The molecule has 0 unspecified atom stereocenters. The molecule has 2 aromatic rings. The first-order valence-corrected chi connectivity index (χ1v) is 21.8. The van der Waals surface area contributed by atoms with Gasteiger partial charge in [-0.2, -0.15) is 8.42 Å². The van der Waals surface area contributed by atoms with E-state index in [1.807, 2.05) is 19.1 Å². The highest BCUT2D eigenvalue weighted by atomic mass is 32.2. The summed E-state index contributed by atoms with van der Waals surface area (Å²) in [4.78, 5) is 0.230. The van der Waals surface area contributed by atoms with Gasteiger partial charge in [-0.1, -0.05) is 84.7 Å². The van der Waals surface area contributed by atoms with E-state index in [9.17, 15) is 8.42 Å². The molecular formula is C40H60O5SSi. The minimum atomic E-state index is -3.72. The lowest BCUT2D eigenvalue weighted by molar-refractivity contribution is 0.0684. The van der Waals surface area contributed by atoms with Crippen molar-refractivity contribution in [3.8, 4) is 11.5 Å². The van der Waals surface area contributed by atoms with Crippen molar-refractivity contribution in [2.75, 3.05) is 13.7 Å². The number of aryl methyl sites for hydroxylation is 2. The van der Waals surface area contributed by atoms with E-state index in [1.54, 1.807) is 24.8 Å². The highest BCUT2D eigenvalue weighted by Gasteiger charge is 2.53. The Hall–Kier alpha value is -2.09. The van der Waals surface area contributed by atoms with Crippen LogP contribution in [0.2, 0.25) is 16.6 Å². The summed E-state index contributed by atoms with van der Waals surface area (Å²) in [6, 6.07) is 11.6. The van der Waals surface area contributed by atoms with Crippen LogP contribution in [0.4, 0.5) is 0 Å².